The zero-order valence-electron chi connectivity index (χ0n) is 22.5. The lowest BCUT2D eigenvalue weighted by Gasteiger charge is -2.19. The molecule has 0 radical (unpaired) electrons. The van der Waals surface area contributed by atoms with E-state index in [9.17, 15) is 14.7 Å². The molecule has 1 amide bonds. The standard InChI is InChI=1S/C32H34N2O3S/c1-20(2)28-16-17-29(38-28)30(35)34-27(31(36)37)18-21-6-8-23(9-7-21)26-15-12-24(19-33-26)22-10-13-25(14-11-22)32(3,4)5/h6-17,19-20,27H,18H2,1-5H3,(H,34,35)(H,36,37)/t27-/m0/s1. The van der Waals surface area contributed by atoms with Crippen molar-refractivity contribution in [3.63, 3.8) is 0 Å². The van der Waals surface area contributed by atoms with Gasteiger partial charge in [-0.25, -0.2) is 4.79 Å². The highest BCUT2D eigenvalue weighted by Crippen LogP contribution is 2.28. The van der Waals surface area contributed by atoms with Crippen LogP contribution < -0.4 is 5.32 Å². The van der Waals surface area contributed by atoms with Gasteiger partial charge in [-0.15, -0.1) is 11.3 Å². The first-order chi connectivity index (χ1) is 18.0. The molecule has 6 heteroatoms. The molecular formula is C32H34N2O3S. The van der Waals surface area contributed by atoms with E-state index >= 15 is 0 Å². The van der Waals surface area contributed by atoms with Crippen molar-refractivity contribution < 1.29 is 14.7 Å². The summed E-state index contributed by atoms with van der Waals surface area (Å²) in [6, 6.07) is 23.0. The number of aliphatic carboxylic acids is 1. The lowest BCUT2D eigenvalue weighted by molar-refractivity contribution is -0.139. The Kier molecular flexibility index (Phi) is 8.12. The number of carbonyl (C=O) groups is 2. The molecule has 196 valence electrons. The van der Waals surface area contributed by atoms with E-state index in [0.717, 1.165) is 32.8 Å². The van der Waals surface area contributed by atoms with Crippen molar-refractivity contribution in [2.24, 2.45) is 0 Å². The van der Waals surface area contributed by atoms with E-state index in [2.05, 4.69) is 75.3 Å². The number of aromatic nitrogens is 1. The Morgan fingerprint density at radius 2 is 1.50 bits per heavy atom. The molecule has 4 aromatic rings. The van der Waals surface area contributed by atoms with E-state index in [1.807, 2.05) is 42.6 Å². The largest absolute Gasteiger partial charge is 0.480 e. The van der Waals surface area contributed by atoms with E-state index in [1.54, 1.807) is 6.07 Å². The molecule has 0 fully saturated rings. The summed E-state index contributed by atoms with van der Waals surface area (Å²) < 4.78 is 0. The molecule has 38 heavy (non-hydrogen) atoms. The molecule has 0 spiro atoms. The smallest absolute Gasteiger partial charge is 0.326 e. The molecule has 2 aromatic carbocycles. The van der Waals surface area contributed by atoms with Gasteiger partial charge >= 0.3 is 5.97 Å². The Labute approximate surface area is 228 Å². The van der Waals surface area contributed by atoms with Crippen LogP contribution in [0.15, 0.2) is 79.0 Å². The number of carboxylic acids is 1. The summed E-state index contributed by atoms with van der Waals surface area (Å²) in [4.78, 5) is 30.8. The fourth-order valence-corrected chi connectivity index (χ4v) is 5.07. The summed E-state index contributed by atoms with van der Waals surface area (Å²) in [7, 11) is 0. The predicted molar refractivity (Wildman–Crippen MR) is 155 cm³/mol. The average molecular weight is 527 g/mol. The summed E-state index contributed by atoms with van der Waals surface area (Å²) in [5.41, 5.74) is 6.19. The second-order valence-electron chi connectivity index (χ2n) is 10.9. The number of rotatable bonds is 8. The van der Waals surface area contributed by atoms with Crippen molar-refractivity contribution in [1.29, 1.82) is 0 Å². The van der Waals surface area contributed by atoms with Crippen molar-refractivity contribution in [3.05, 3.63) is 99.9 Å². The Bertz CT molecular complexity index is 1400. The quantitative estimate of drug-likeness (QED) is 0.252. The van der Waals surface area contributed by atoms with E-state index < -0.39 is 12.0 Å². The molecule has 0 unspecified atom stereocenters. The molecule has 0 saturated heterocycles. The molecule has 2 aromatic heterocycles. The highest BCUT2D eigenvalue weighted by molar-refractivity contribution is 7.14. The van der Waals surface area contributed by atoms with Crippen LogP contribution in [0.2, 0.25) is 0 Å². The van der Waals surface area contributed by atoms with Crippen LogP contribution in [0.25, 0.3) is 22.4 Å². The van der Waals surface area contributed by atoms with Crippen LogP contribution in [0.1, 0.15) is 66.2 Å². The topological polar surface area (TPSA) is 79.3 Å². The Morgan fingerprint density at radius 3 is 2.03 bits per heavy atom. The average Bonchev–Trinajstić information content (AvgIpc) is 3.40. The first-order valence-corrected chi connectivity index (χ1v) is 13.6. The third kappa shape index (κ3) is 6.56. The molecule has 0 aliphatic rings. The Morgan fingerprint density at radius 1 is 0.868 bits per heavy atom. The minimum atomic E-state index is -1.06. The van der Waals surface area contributed by atoms with E-state index in [-0.39, 0.29) is 17.7 Å². The van der Waals surface area contributed by atoms with Crippen LogP contribution in [-0.4, -0.2) is 28.0 Å². The first-order valence-electron chi connectivity index (χ1n) is 12.8. The van der Waals surface area contributed by atoms with Crippen LogP contribution in [-0.2, 0) is 16.6 Å². The molecule has 2 heterocycles. The number of carboxylic acid groups (broad SMARTS) is 1. The van der Waals surface area contributed by atoms with Crippen molar-refractivity contribution in [2.45, 2.75) is 58.4 Å². The monoisotopic (exact) mass is 526 g/mol. The molecule has 5 nitrogen and oxygen atoms in total. The number of nitrogens with zero attached hydrogens (tertiary/aromatic N) is 1. The summed E-state index contributed by atoms with van der Waals surface area (Å²) in [5, 5.41) is 12.4. The third-order valence-corrected chi connectivity index (χ3v) is 7.94. The van der Waals surface area contributed by atoms with Gasteiger partial charge in [0.15, 0.2) is 0 Å². The number of carbonyl (C=O) groups excluding carboxylic acids is 1. The second-order valence-corrected chi connectivity index (χ2v) is 12.0. The van der Waals surface area contributed by atoms with Gasteiger partial charge in [-0.1, -0.05) is 89.2 Å². The molecule has 0 aliphatic heterocycles. The molecule has 2 N–H and O–H groups in total. The minimum absolute atomic E-state index is 0.116. The molecule has 0 aliphatic carbocycles. The van der Waals surface area contributed by atoms with Gasteiger partial charge in [0.1, 0.15) is 6.04 Å². The minimum Gasteiger partial charge on any atom is -0.480 e. The summed E-state index contributed by atoms with van der Waals surface area (Å²) >= 11 is 1.40. The van der Waals surface area contributed by atoms with Crippen molar-refractivity contribution in [3.8, 4) is 22.4 Å². The van der Waals surface area contributed by atoms with Gasteiger partial charge in [0.2, 0.25) is 0 Å². The zero-order chi connectivity index (χ0) is 27.4. The molecule has 1 atom stereocenters. The lowest BCUT2D eigenvalue weighted by Crippen LogP contribution is -2.42. The number of benzene rings is 2. The highest BCUT2D eigenvalue weighted by atomic mass is 32.1. The number of hydrogen-bond donors (Lipinski definition) is 2. The second kappa shape index (κ2) is 11.3. The van der Waals surface area contributed by atoms with Crippen LogP contribution in [0.4, 0.5) is 0 Å². The first kappa shape index (κ1) is 27.3. The van der Waals surface area contributed by atoms with Crippen molar-refractivity contribution in [1.82, 2.24) is 10.3 Å². The van der Waals surface area contributed by atoms with Gasteiger partial charge in [0.25, 0.3) is 5.91 Å². The maximum atomic E-state index is 12.6. The molecular weight excluding hydrogens is 492 g/mol. The van der Waals surface area contributed by atoms with Gasteiger partial charge < -0.3 is 10.4 Å². The number of hydrogen-bond acceptors (Lipinski definition) is 4. The Balaban J connectivity index is 1.42. The van der Waals surface area contributed by atoms with Gasteiger partial charge in [-0.05, 0) is 46.2 Å². The third-order valence-electron chi connectivity index (χ3n) is 6.56. The van der Waals surface area contributed by atoms with E-state index in [0.29, 0.717) is 10.8 Å². The van der Waals surface area contributed by atoms with Crippen LogP contribution in [0, 0.1) is 0 Å². The van der Waals surface area contributed by atoms with Crippen LogP contribution in [0.3, 0.4) is 0 Å². The summed E-state index contributed by atoms with van der Waals surface area (Å²) in [6.07, 6.45) is 2.07. The predicted octanol–water partition coefficient (Wildman–Crippen LogP) is 7.32. The van der Waals surface area contributed by atoms with E-state index in [1.165, 1.54) is 16.9 Å². The molecule has 4 rings (SSSR count). The van der Waals surface area contributed by atoms with Crippen LogP contribution >= 0.6 is 11.3 Å². The number of amides is 1. The zero-order valence-corrected chi connectivity index (χ0v) is 23.3. The number of thiophene rings is 1. The van der Waals surface area contributed by atoms with Gasteiger partial charge in [-0.3, -0.25) is 9.78 Å². The SMILES string of the molecule is CC(C)c1ccc(C(=O)N[C@@H](Cc2ccc(-c3ccc(-c4ccc(C(C)(C)C)cc4)cn3)cc2)C(=O)O)s1. The lowest BCUT2D eigenvalue weighted by atomic mass is 9.86. The summed E-state index contributed by atoms with van der Waals surface area (Å²) in [5.74, 6) is -1.10. The van der Waals surface area contributed by atoms with Gasteiger partial charge in [0.05, 0.1) is 10.6 Å². The van der Waals surface area contributed by atoms with Crippen molar-refractivity contribution >= 4 is 23.2 Å². The summed E-state index contributed by atoms with van der Waals surface area (Å²) in [6.45, 7) is 10.7. The normalized spacial score (nSPS) is 12.4. The molecule has 0 saturated carbocycles. The fraction of sp³-hybridized carbons (Fsp3) is 0.281. The highest BCUT2D eigenvalue weighted by Gasteiger charge is 2.22. The van der Waals surface area contributed by atoms with Crippen molar-refractivity contribution in [2.75, 3.05) is 0 Å². The maximum Gasteiger partial charge on any atom is 0.326 e. The number of pyridine rings is 1. The maximum absolute atomic E-state index is 12.6. The van der Waals surface area contributed by atoms with Gasteiger partial charge in [-0.2, -0.15) is 0 Å². The van der Waals surface area contributed by atoms with E-state index in [4.69, 9.17) is 0 Å². The molecule has 0 bridgehead atoms. The van der Waals surface area contributed by atoms with Crippen LogP contribution in [0.5, 0.6) is 0 Å². The Hall–Kier alpha value is -3.77. The number of nitrogens with one attached hydrogen (secondary N) is 1. The van der Waals surface area contributed by atoms with Gasteiger partial charge in [0, 0.05) is 28.6 Å². The fourth-order valence-electron chi connectivity index (χ4n) is 4.16.